The van der Waals surface area contributed by atoms with Gasteiger partial charge in [0, 0.05) is 6.04 Å². The zero-order valence-corrected chi connectivity index (χ0v) is 11.5. The predicted molar refractivity (Wildman–Crippen MR) is 79.2 cm³/mol. The van der Waals surface area contributed by atoms with E-state index in [1.54, 1.807) is 6.20 Å². The lowest BCUT2D eigenvalue weighted by atomic mass is 9.97. The van der Waals surface area contributed by atoms with Crippen molar-refractivity contribution in [1.29, 1.82) is 0 Å². The third-order valence-corrected chi connectivity index (χ3v) is 3.88. The molecule has 0 aromatic carbocycles. The Hall–Kier alpha value is -1.89. The van der Waals surface area contributed by atoms with E-state index in [-0.39, 0.29) is 0 Å². The number of nitrogen functional groups attached to an aromatic ring is 1. The van der Waals surface area contributed by atoms with Crippen molar-refractivity contribution in [3.63, 3.8) is 0 Å². The molecule has 7 nitrogen and oxygen atoms in total. The number of fused-ring (bicyclic) bond motifs is 1. The summed E-state index contributed by atoms with van der Waals surface area (Å²) in [6, 6.07) is 0.467. The molecule has 1 fully saturated rings. The number of anilines is 2. The maximum absolute atomic E-state index is 5.42. The number of hydrogen-bond donors (Lipinski definition) is 4. The fourth-order valence-electron chi connectivity index (χ4n) is 2.80. The van der Waals surface area contributed by atoms with E-state index in [1.807, 2.05) is 0 Å². The average molecular weight is 275 g/mol. The van der Waals surface area contributed by atoms with Gasteiger partial charge in [-0.2, -0.15) is 15.1 Å². The van der Waals surface area contributed by atoms with E-state index in [0.717, 1.165) is 11.2 Å². The van der Waals surface area contributed by atoms with Gasteiger partial charge in [0.25, 0.3) is 0 Å². The molecule has 0 bridgehead atoms. The topological polar surface area (TPSA) is 105 Å². The first-order valence-corrected chi connectivity index (χ1v) is 7.31. The van der Waals surface area contributed by atoms with Crippen molar-refractivity contribution in [2.75, 3.05) is 10.7 Å². The number of nitrogens with zero attached hydrogens (tertiary/aromatic N) is 3. The molecular weight excluding hydrogens is 254 g/mol. The second kappa shape index (κ2) is 6.04. The minimum atomic E-state index is 0.398. The third-order valence-electron chi connectivity index (χ3n) is 3.88. The van der Waals surface area contributed by atoms with Crippen molar-refractivity contribution in [3.05, 3.63) is 6.20 Å². The summed E-state index contributed by atoms with van der Waals surface area (Å²) in [6.07, 6.45) is 10.7. The van der Waals surface area contributed by atoms with Crippen LogP contribution in [-0.2, 0) is 0 Å². The SMILES string of the molecule is NNc1nc(NC2CCCCCCC2)c2cn[nH]c2n1. The van der Waals surface area contributed by atoms with Crippen LogP contribution in [0.2, 0.25) is 0 Å². The maximum Gasteiger partial charge on any atom is 0.241 e. The molecule has 0 atom stereocenters. The molecule has 1 saturated carbocycles. The molecule has 0 spiro atoms. The lowest BCUT2D eigenvalue weighted by Crippen LogP contribution is -2.22. The smallest absolute Gasteiger partial charge is 0.241 e. The highest BCUT2D eigenvalue weighted by Crippen LogP contribution is 2.24. The zero-order chi connectivity index (χ0) is 13.8. The third kappa shape index (κ3) is 2.82. The first-order chi connectivity index (χ1) is 9.86. The molecule has 1 aliphatic carbocycles. The van der Waals surface area contributed by atoms with E-state index in [0.29, 0.717) is 17.6 Å². The Labute approximate surface area is 117 Å². The van der Waals surface area contributed by atoms with Gasteiger partial charge in [0.2, 0.25) is 5.95 Å². The Morgan fingerprint density at radius 3 is 2.60 bits per heavy atom. The van der Waals surface area contributed by atoms with Crippen LogP contribution in [0, 0.1) is 0 Å². The Kier molecular flexibility index (Phi) is 3.96. The summed E-state index contributed by atoms with van der Waals surface area (Å²) in [5.41, 5.74) is 3.19. The molecule has 1 aliphatic rings. The van der Waals surface area contributed by atoms with Crippen LogP contribution < -0.4 is 16.6 Å². The molecule has 2 heterocycles. The zero-order valence-electron chi connectivity index (χ0n) is 11.5. The highest BCUT2D eigenvalue weighted by Gasteiger charge is 2.15. The second-order valence-electron chi connectivity index (χ2n) is 5.36. The van der Waals surface area contributed by atoms with Crippen molar-refractivity contribution in [3.8, 4) is 0 Å². The Morgan fingerprint density at radius 2 is 1.85 bits per heavy atom. The van der Waals surface area contributed by atoms with Crippen LogP contribution in [0.3, 0.4) is 0 Å². The summed E-state index contributed by atoms with van der Waals surface area (Å²) < 4.78 is 0. The quantitative estimate of drug-likeness (QED) is 0.505. The van der Waals surface area contributed by atoms with E-state index in [9.17, 15) is 0 Å². The molecule has 0 saturated heterocycles. The van der Waals surface area contributed by atoms with Crippen molar-refractivity contribution >= 4 is 22.8 Å². The molecule has 2 aromatic heterocycles. The van der Waals surface area contributed by atoms with Crippen molar-refractivity contribution in [1.82, 2.24) is 20.2 Å². The number of hydrogen-bond acceptors (Lipinski definition) is 6. The number of aromatic nitrogens is 4. The van der Waals surface area contributed by atoms with Crippen LogP contribution in [-0.4, -0.2) is 26.2 Å². The molecule has 0 radical (unpaired) electrons. The van der Waals surface area contributed by atoms with Crippen molar-refractivity contribution in [2.24, 2.45) is 5.84 Å². The molecule has 0 aliphatic heterocycles. The van der Waals surface area contributed by atoms with Crippen LogP contribution >= 0.6 is 0 Å². The van der Waals surface area contributed by atoms with Crippen LogP contribution in [0.15, 0.2) is 6.20 Å². The summed E-state index contributed by atoms with van der Waals surface area (Å²) in [4.78, 5) is 8.66. The fourth-order valence-corrected chi connectivity index (χ4v) is 2.80. The first kappa shape index (κ1) is 13.1. The van der Waals surface area contributed by atoms with Crippen LogP contribution in [0.1, 0.15) is 44.9 Å². The predicted octanol–water partition coefficient (Wildman–Crippen LogP) is 2.16. The van der Waals surface area contributed by atoms with Gasteiger partial charge in [-0.3, -0.25) is 10.5 Å². The van der Waals surface area contributed by atoms with E-state index in [2.05, 4.69) is 30.9 Å². The van der Waals surface area contributed by atoms with E-state index < -0.39 is 0 Å². The minimum Gasteiger partial charge on any atom is -0.367 e. The normalized spacial score (nSPS) is 17.6. The van der Waals surface area contributed by atoms with E-state index >= 15 is 0 Å². The number of nitrogens with two attached hydrogens (primary N) is 1. The molecule has 3 rings (SSSR count). The van der Waals surface area contributed by atoms with Gasteiger partial charge in [-0.15, -0.1) is 0 Å². The summed E-state index contributed by atoms with van der Waals surface area (Å²) in [7, 11) is 0. The average Bonchev–Trinajstić information content (AvgIpc) is 2.89. The summed E-state index contributed by atoms with van der Waals surface area (Å²) in [5, 5.41) is 11.3. The molecule has 0 amide bonds. The van der Waals surface area contributed by atoms with Gasteiger partial charge in [0.05, 0.1) is 11.6 Å². The highest BCUT2D eigenvalue weighted by atomic mass is 15.3. The standard InChI is InChI=1S/C13H21N7/c14-19-13-17-11(10-8-15-20-12(10)18-13)16-9-6-4-2-1-3-5-7-9/h8-9H,1-7,14H2,(H3,15,16,17,18,19,20). The van der Waals surface area contributed by atoms with Gasteiger partial charge in [-0.05, 0) is 12.8 Å². The lowest BCUT2D eigenvalue weighted by molar-refractivity contribution is 0.471. The number of hydrazine groups is 1. The van der Waals surface area contributed by atoms with Crippen LogP contribution in [0.4, 0.5) is 11.8 Å². The number of H-pyrrole nitrogens is 1. The van der Waals surface area contributed by atoms with Gasteiger partial charge in [0.1, 0.15) is 5.82 Å². The largest absolute Gasteiger partial charge is 0.367 e. The monoisotopic (exact) mass is 275 g/mol. The molecule has 7 heteroatoms. The molecule has 0 unspecified atom stereocenters. The lowest BCUT2D eigenvalue weighted by Gasteiger charge is -2.22. The maximum atomic E-state index is 5.42. The molecule has 2 aromatic rings. The van der Waals surface area contributed by atoms with Crippen LogP contribution in [0.5, 0.6) is 0 Å². The molecule has 5 N–H and O–H groups in total. The highest BCUT2D eigenvalue weighted by molar-refractivity contribution is 5.87. The van der Waals surface area contributed by atoms with Gasteiger partial charge >= 0.3 is 0 Å². The number of nitrogens with one attached hydrogen (secondary N) is 3. The summed E-state index contributed by atoms with van der Waals surface area (Å²) in [5.74, 6) is 6.63. The van der Waals surface area contributed by atoms with Gasteiger partial charge in [0.15, 0.2) is 5.65 Å². The summed E-state index contributed by atoms with van der Waals surface area (Å²) in [6.45, 7) is 0. The van der Waals surface area contributed by atoms with Gasteiger partial charge in [-0.1, -0.05) is 32.1 Å². The van der Waals surface area contributed by atoms with Crippen molar-refractivity contribution in [2.45, 2.75) is 51.0 Å². The fraction of sp³-hybridized carbons (Fsp3) is 0.615. The van der Waals surface area contributed by atoms with Gasteiger partial charge < -0.3 is 5.32 Å². The Balaban J connectivity index is 1.82. The Morgan fingerprint density at radius 1 is 1.10 bits per heavy atom. The first-order valence-electron chi connectivity index (χ1n) is 7.31. The van der Waals surface area contributed by atoms with Crippen molar-refractivity contribution < 1.29 is 0 Å². The molecule has 20 heavy (non-hydrogen) atoms. The summed E-state index contributed by atoms with van der Waals surface area (Å²) >= 11 is 0. The molecule has 108 valence electrons. The van der Waals surface area contributed by atoms with Crippen LogP contribution in [0.25, 0.3) is 11.0 Å². The second-order valence-corrected chi connectivity index (χ2v) is 5.36. The Bertz CT molecular complexity index is 557. The number of rotatable bonds is 3. The van der Waals surface area contributed by atoms with Gasteiger partial charge in [-0.25, -0.2) is 5.84 Å². The number of aromatic amines is 1. The van der Waals surface area contributed by atoms with E-state index in [4.69, 9.17) is 5.84 Å². The minimum absolute atomic E-state index is 0.398. The molecular formula is C13H21N7. The van der Waals surface area contributed by atoms with E-state index in [1.165, 1.54) is 44.9 Å².